The molecule has 3 heteroatoms. The van der Waals surface area contributed by atoms with Crippen LogP contribution in [0.4, 0.5) is 0 Å². The summed E-state index contributed by atoms with van der Waals surface area (Å²) in [5.41, 5.74) is 1.73. The molecule has 1 aromatic rings. The van der Waals surface area contributed by atoms with Gasteiger partial charge in [0.2, 0.25) is 0 Å². The van der Waals surface area contributed by atoms with Crippen molar-refractivity contribution in [2.45, 2.75) is 84.5 Å². The quantitative estimate of drug-likeness (QED) is 0.727. The average Bonchev–Trinajstić information content (AvgIpc) is 2.45. The molecule has 134 valence electrons. The number of aromatic hydroxyl groups is 1. The third-order valence-corrected chi connectivity index (χ3v) is 5.14. The Morgan fingerprint density at radius 1 is 1.08 bits per heavy atom. The number of benzene rings is 1. The summed E-state index contributed by atoms with van der Waals surface area (Å²) in [5.74, 6) is -0.684. The molecule has 2 N–H and O–H groups in total. The first-order valence-corrected chi connectivity index (χ1v) is 9.12. The number of carboxylic acids is 1. The minimum Gasteiger partial charge on any atom is -0.507 e. The smallest absolute Gasteiger partial charge is 0.339 e. The first kappa shape index (κ1) is 18.8. The highest BCUT2D eigenvalue weighted by atomic mass is 16.4. The van der Waals surface area contributed by atoms with Crippen LogP contribution in [-0.4, -0.2) is 16.2 Å². The van der Waals surface area contributed by atoms with Crippen LogP contribution in [0.2, 0.25) is 0 Å². The second kappa shape index (κ2) is 6.78. The van der Waals surface area contributed by atoms with Gasteiger partial charge in [-0.2, -0.15) is 0 Å². The molecule has 1 saturated carbocycles. The molecule has 3 nitrogen and oxygen atoms in total. The van der Waals surface area contributed by atoms with Gasteiger partial charge in [-0.1, -0.05) is 59.9 Å². The minimum absolute atomic E-state index is 0.0510. The highest BCUT2D eigenvalue weighted by Gasteiger charge is 2.32. The van der Waals surface area contributed by atoms with Gasteiger partial charge in [0.1, 0.15) is 11.3 Å². The fourth-order valence-corrected chi connectivity index (χ4v) is 4.43. The van der Waals surface area contributed by atoms with Gasteiger partial charge in [0, 0.05) is 5.56 Å². The van der Waals surface area contributed by atoms with Crippen molar-refractivity contribution >= 4 is 5.97 Å². The van der Waals surface area contributed by atoms with Gasteiger partial charge in [-0.05, 0) is 47.6 Å². The lowest BCUT2D eigenvalue weighted by Crippen LogP contribution is -2.26. The molecular formula is C21H32O3. The maximum Gasteiger partial charge on any atom is 0.339 e. The van der Waals surface area contributed by atoms with Gasteiger partial charge >= 0.3 is 5.97 Å². The highest BCUT2D eigenvalue weighted by molar-refractivity contribution is 5.91. The summed E-state index contributed by atoms with van der Waals surface area (Å²) < 4.78 is 0. The standard InChI is InChI=1S/C21H32O3/c1-20(2,3)13-21(4,5)17-12-15(14-9-7-6-8-10-14)11-16(18(17)22)19(23)24/h11-12,14,22H,6-10,13H2,1-5H3,(H,23,24). The second-order valence-electron chi connectivity index (χ2n) is 9.23. The molecule has 24 heavy (non-hydrogen) atoms. The van der Waals surface area contributed by atoms with Crippen LogP contribution in [0.5, 0.6) is 5.75 Å². The number of hydrogen-bond acceptors (Lipinski definition) is 2. The highest BCUT2D eigenvalue weighted by Crippen LogP contribution is 2.44. The van der Waals surface area contributed by atoms with Crippen molar-refractivity contribution in [1.82, 2.24) is 0 Å². The predicted molar refractivity (Wildman–Crippen MR) is 98.0 cm³/mol. The molecule has 1 fully saturated rings. The lowest BCUT2D eigenvalue weighted by molar-refractivity contribution is 0.0693. The largest absolute Gasteiger partial charge is 0.507 e. The first-order chi connectivity index (χ1) is 11.0. The van der Waals surface area contributed by atoms with Crippen molar-refractivity contribution in [2.75, 3.05) is 0 Å². The maximum absolute atomic E-state index is 11.7. The number of rotatable bonds is 4. The number of hydrogen-bond donors (Lipinski definition) is 2. The van der Waals surface area contributed by atoms with Gasteiger partial charge < -0.3 is 10.2 Å². The lowest BCUT2D eigenvalue weighted by Gasteiger charge is -2.34. The Hall–Kier alpha value is -1.51. The normalized spacial score (nSPS) is 17.0. The second-order valence-corrected chi connectivity index (χ2v) is 9.23. The van der Waals surface area contributed by atoms with E-state index in [1.807, 2.05) is 0 Å². The summed E-state index contributed by atoms with van der Waals surface area (Å²) in [7, 11) is 0. The molecule has 0 saturated heterocycles. The Kier molecular flexibility index (Phi) is 5.31. The maximum atomic E-state index is 11.7. The van der Waals surface area contributed by atoms with Gasteiger partial charge in [0.05, 0.1) is 0 Å². The van der Waals surface area contributed by atoms with E-state index in [1.54, 1.807) is 6.07 Å². The van der Waals surface area contributed by atoms with Crippen molar-refractivity contribution in [2.24, 2.45) is 5.41 Å². The molecule has 0 bridgehead atoms. The van der Waals surface area contributed by atoms with Crippen molar-refractivity contribution < 1.29 is 15.0 Å². The van der Waals surface area contributed by atoms with E-state index >= 15 is 0 Å². The Morgan fingerprint density at radius 2 is 1.67 bits per heavy atom. The summed E-state index contributed by atoms with van der Waals surface area (Å²) in [4.78, 5) is 11.7. The molecule has 0 aromatic heterocycles. The minimum atomic E-state index is -1.04. The number of phenols is 1. The number of carboxylic acid groups (broad SMARTS) is 1. The Balaban J connectivity index is 2.52. The summed E-state index contributed by atoms with van der Waals surface area (Å²) >= 11 is 0. The third-order valence-electron chi connectivity index (χ3n) is 5.14. The van der Waals surface area contributed by atoms with Crippen molar-refractivity contribution in [3.63, 3.8) is 0 Å². The van der Waals surface area contributed by atoms with Crippen LogP contribution < -0.4 is 0 Å². The molecule has 1 aliphatic carbocycles. The van der Waals surface area contributed by atoms with Crippen molar-refractivity contribution in [1.29, 1.82) is 0 Å². The monoisotopic (exact) mass is 332 g/mol. The first-order valence-electron chi connectivity index (χ1n) is 9.12. The fourth-order valence-electron chi connectivity index (χ4n) is 4.43. The molecule has 0 amide bonds. The summed E-state index contributed by atoms with van der Waals surface area (Å²) in [6, 6.07) is 3.77. The van der Waals surface area contributed by atoms with E-state index in [2.05, 4.69) is 40.7 Å². The molecule has 1 aliphatic rings. The zero-order chi connectivity index (χ0) is 18.1. The van der Waals surface area contributed by atoms with E-state index in [1.165, 1.54) is 19.3 Å². The number of aromatic carboxylic acids is 1. The Bertz CT molecular complexity index is 602. The molecule has 0 unspecified atom stereocenters. The molecule has 0 spiro atoms. The van der Waals surface area contributed by atoms with Crippen LogP contribution in [0.25, 0.3) is 0 Å². The van der Waals surface area contributed by atoms with Gasteiger partial charge in [-0.3, -0.25) is 0 Å². The average molecular weight is 332 g/mol. The molecule has 1 aromatic carbocycles. The Morgan fingerprint density at radius 3 is 2.17 bits per heavy atom. The van der Waals surface area contributed by atoms with Gasteiger partial charge in [0.15, 0.2) is 0 Å². The summed E-state index contributed by atoms with van der Waals surface area (Å²) in [6.45, 7) is 10.7. The third kappa shape index (κ3) is 4.31. The summed E-state index contributed by atoms with van der Waals surface area (Å²) in [5, 5.41) is 20.2. The number of carbonyl (C=O) groups is 1. The van der Waals surface area contributed by atoms with E-state index in [-0.39, 0.29) is 22.1 Å². The molecular weight excluding hydrogens is 300 g/mol. The van der Waals surface area contributed by atoms with Crippen LogP contribution in [0.3, 0.4) is 0 Å². The zero-order valence-corrected chi connectivity index (χ0v) is 15.8. The summed E-state index contributed by atoms with van der Waals surface area (Å²) in [6.07, 6.45) is 6.78. The van der Waals surface area contributed by atoms with Crippen molar-refractivity contribution in [3.8, 4) is 5.75 Å². The molecule has 0 heterocycles. The van der Waals surface area contributed by atoms with E-state index in [0.717, 1.165) is 30.4 Å². The van der Waals surface area contributed by atoms with Crippen LogP contribution in [0.15, 0.2) is 12.1 Å². The molecule has 0 atom stereocenters. The van der Waals surface area contributed by atoms with Crippen LogP contribution in [-0.2, 0) is 5.41 Å². The SMILES string of the molecule is CC(C)(C)CC(C)(C)c1cc(C2CCCCC2)cc(C(=O)O)c1O. The van der Waals surface area contributed by atoms with Crippen molar-refractivity contribution in [3.05, 3.63) is 28.8 Å². The molecule has 2 rings (SSSR count). The van der Waals surface area contributed by atoms with E-state index < -0.39 is 5.97 Å². The van der Waals surface area contributed by atoms with E-state index in [0.29, 0.717) is 5.92 Å². The van der Waals surface area contributed by atoms with E-state index in [9.17, 15) is 15.0 Å². The molecule has 0 radical (unpaired) electrons. The predicted octanol–water partition coefficient (Wildman–Crippen LogP) is 5.85. The van der Waals surface area contributed by atoms with Gasteiger partial charge in [-0.15, -0.1) is 0 Å². The topological polar surface area (TPSA) is 57.5 Å². The molecule has 0 aliphatic heterocycles. The van der Waals surface area contributed by atoms with Gasteiger partial charge in [-0.25, -0.2) is 4.79 Å². The Labute approximate surface area is 146 Å². The fraction of sp³-hybridized carbons (Fsp3) is 0.667. The lowest BCUT2D eigenvalue weighted by atomic mass is 9.70. The van der Waals surface area contributed by atoms with Crippen LogP contribution >= 0.6 is 0 Å². The van der Waals surface area contributed by atoms with Gasteiger partial charge in [0.25, 0.3) is 0 Å². The van der Waals surface area contributed by atoms with E-state index in [4.69, 9.17) is 0 Å². The zero-order valence-electron chi connectivity index (χ0n) is 15.8. The van der Waals surface area contributed by atoms with Crippen LogP contribution in [0, 0.1) is 5.41 Å². The van der Waals surface area contributed by atoms with Crippen LogP contribution in [0.1, 0.15) is 101 Å².